The van der Waals surface area contributed by atoms with E-state index in [1.165, 1.54) is 0 Å². The number of para-hydroxylation sites is 1. The van der Waals surface area contributed by atoms with Crippen LogP contribution >= 0.6 is 0 Å². The van der Waals surface area contributed by atoms with Gasteiger partial charge in [-0.05, 0) is 12.5 Å². The van der Waals surface area contributed by atoms with Gasteiger partial charge in [0.05, 0.1) is 7.11 Å². The largest absolute Gasteiger partial charge is 0.496 e. The van der Waals surface area contributed by atoms with Crippen LogP contribution in [0.25, 0.3) is 0 Å². The first-order valence-corrected chi connectivity index (χ1v) is 6.12. The molecule has 0 bridgehead atoms. The van der Waals surface area contributed by atoms with Crippen LogP contribution in [0.3, 0.4) is 0 Å². The van der Waals surface area contributed by atoms with Gasteiger partial charge in [-0.1, -0.05) is 18.2 Å². The number of methoxy groups -OCH3 is 1. The standard InChI is InChI=1S/C14H19NO4/c1-15(13(16)8-5-9-14(17)18)10-11-6-3-4-7-12(11)19-2/h3-4,6-7H,5,8-10H2,1-2H3,(H,17,18). The van der Waals surface area contributed by atoms with Crippen molar-refractivity contribution < 1.29 is 19.4 Å². The van der Waals surface area contributed by atoms with Gasteiger partial charge in [-0.2, -0.15) is 0 Å². The number of rotatable bonds is 7. The van der Waals surface area contributed by atoms with Gasteiger partial charge >= 0.3 is 5.97 Å². The Labute approximate surface area is 112 Å². The van der Waals surface area contributed by atoms with Gasteiger partial charge in [0, 0.05) is 32.0 Å². The Balaban J connectivity index is 2.51. The lowest BCUT2D eigenvalue weighted by molar-refractivity contribution is -0.137. The molecule has 1 aromatic carbocycles. The summed E-state index contributed by atoms with van der Waals surface area (Å²) < 4.78 is 5.22. The summed E-state index contributed by atoms with van der Waals surface area (Å²) in [7, 11) is 3.29. The second-order valence-corrected chi connectivity index (χ2v) is 4.31. The first-order chi connectivity index (χ1) is 9.04. The third kappa shape index (κ3) is 4.99. The fourth-order valence-electron chi connectivity index (χ4n) is 1.76. The maximum absolute atomic E-state index is 11.8. The number of ether oxygens (including phenoxy) is 1. The molecule has 0 atom stereocenters. The molecule has 5 nitrogen and oxygen atoms in total. The van der Waals surface area contributed by atoms with E-state index in [1.807, 2.05) is 24.3 Å². The van der Waals surface area contributed by atoms with Crippen LogP contribution in [0.4, 0.5) is 0 Å². The molecule has 0 unspecified atom stereocenters. The van der Waals surface area contributed by atoms with Gasteiger partial charge in [0.2, 0.25) is 5.91 Å². The van der Waals surface area contributed by atoms with Gasteiger partial charge in [0.15, 0.2) is 0 Å². The molecule has 5 heteroatoms. The van der Waals surface area contributed by atoms with E-state index in [0.29, 0.717) is 13.0 Å². The van der Waals surface area contributed by atoms with Gasteiger partial charge in [-0.25, -0.2) is 0 Å². The molecule has 1 aromatic rings. The summed E-state index contributed by atoms with van der Waals surface area (Å²) in [4.78, 5) is 23.8. The summed E-state index contributed by atoms with van der Waals surface area (Å²) >= 11 is 0. The molecule has 0 heterocycles. The van der Waals surface area contributed by atoms with Crippen LogP contribution in [0, 0.1) is 0 Å². The van der Waals surface area contributed by atoms with Crippen LogP contribution in [-0.4, -0.2) is 36.0 Å². The zero-order chi connectivity index (χ0) is 14.3. The maximum Gasteiger partial charge on any atom is 0.303 e. The van der Waals surface area contributed by atoms with Crippen LogP contribution in [0.1, 0.15) is 24.8 Å². The number of carboxylic acids is 1. The number of benzene rings is 1. The van der Waals surface area contributed by atoms with Gasteiger partial charge in [0.1, 0.15) is 5.75 Å². The molecule has 0 fully saturated rings. The number of aliphatic carboxylic acids is 1. The molecular weight excluding hydrogens is 246 g/mol. The van der Waals surface area contributed by atoms with Crippen molar-refractivity contribution in [3.63, 3.8) is 0 Å². The number of carbonyl (C=O) groups excluding carboxylic acids is 1. The number of carbonyl (C=O) groups is 2. The van der Waals surface area contributed by atoms with Crippen LogP contribution in [0.2, 0.25) is 0 Å². The van der Waals surface area contributed by atoms with E-state index in [4.69, 9.17) is 9.84 Å². The highest BCUT2D eigenvalue weighted by atomic mass is 16.5. The van der Waals surface area contributed by atoms with Gasteiger partial charge in [-0.3, -0.25) is 9.59 Å². The van der Waals surface area contributed by atoms with Crippen molar-refractivity contribution in [1.29, 1.82) is 0 Å². The predicted octanol–water partition coefficient (Wildman–Crippen LogP) is 1.91. The SMILES string of the molecule is COc1ccccc1CN(C)C(=O)CCCC(=O)O. The summed E-state index contributed by atoms with van der Waals surface area (Å²) in [5.41, 5.74) is 0.930. The van der Waals surface area contributed by atoms with Gasteiger partial charge in [0.25, 0.3) is 0 Å². The number of amides is 1. The highest BCUT2D eigenvalue weighted by Gasteiger charge is 2.12. The third-order valence-electron chi connectivity index (χ3n) is 2.81. The second kappa shape index (κ2) is 7.41. The first-order valence-electron chi connectivity index (χ1n) is 6.12. The van der Waals surface area contributed by atoms with Crippen molar-refractivity contribution >= 4 is 11.9 Å². The Morgan fingerprint density at radius 1 is 1.26 bits per heavy atom. The summed E-state index contributed by atoms with van der Waals surface area (Å²) in [6.07, 6.45) is 0.636. The van der Waals surface area contributed by atoms with E-state index in [1.54, 1.807) is 19.1 Å². The lowest BCUT2D eigenvalue weighted by Crippen LogP contribution is -2.26. The summed E-state index contributed by atoms with van der Waals surface area (Å²) in [5, 5.41) is 8.53. The first kappa shape index (κ1) is 15.0. The van der Waals surface area contributed by atoms with Crippen molar-refractivity contribution in [2.45, 2.75) is 25.8 Å². The quantitative estimate of drug-likeness (QED) is 0.817. The fourth-order valence-corrected chi connectivity index (χ4v) is 1.76. The van der Waals surface area contributed by atoms with Crippen molar-refractivity contribution in [3.8, 4) is 5.75 Å². The molecule has 1 rings (SSSR count). The van der Waals surface area contributed by atoms with Crippen LogP contribution in [0.5, 0.6) is 5.75 Å². The molecule has 0 aromatic heterocycles. The predicted molar refractivity (Wildman–Crippen MR) is 71.0 cm³/mol. The lowest BCUT2D eigenvalue weighted by Gasteiger charge is -2.18. The second-order valence-electron chi connectivity index (χ2n) is 4.31. The van der Waals surface area contributed by atoms with Crippen molar-refractivity contribution in [2.75, 3.05) is 14.2 Å². The molecule has 0 saturated carbocycles. The summed E-state index contributed by atoms with van der Waals surface area (Å²) in [6.45, 7) is 0.454. The van der Waals surface area contributed by atoms with E-state index < -0.39 is 5.97 Å². The summed E-state index contributed by atoms with van der Waals surface area (Å²) in [6, 6.07) is 7.51. The number of hydrogen-bond donors (Lipinski definition) is 1. The highest BCUT2D eigenvalue weighted by molar-refractivity contribution is 5.76. The number of hydrogen-bond acceptors (Lipinski definition) is 3. The zero-order valence-electron chi connectivity index (χ0n) is 11.3. The molecule has 0 aliphatic heterocycles. The molecule has 104 valence electrons. The minimum atomic E-state index is -0.875. The minimum Gasteiger partial charge on any atom is -0.496 e. The molecule has 0 aliphatic rings. The van der Waals surface area contributed by atoms with Crippen LogP contribution in [-0.2, 0) is 16.1 Å². The fraction of sp³-hybridized carbons (Fsp3) is 0.429. The monoisotopic (exact) mass is 265 g/mol. The minimum absolute atomic E-state index is 0.0221. The topological polar surface area (TPSA) is 66.8 Å². The lowest BCUT2D eigenvalue weighted by atomic mass is 10.1. The third-order valence-corrected chi connectivity index (χ3v) is 2.81. The molecule has 1 amide bonds. The van der Waals surface area contributed by atoms with E-state index in [0.717, 1.165) is 11.3 Å². The van der Waals surface area contributed by atoms with Crippen molar-refractivity contribution in [2.24, 2.45) is 0 Å². The van der Waals surface area contributed by atoms with Gasteiger partial charge < -0.3 is 14.7 Å². The molecule has 0 radical (unpaired) electrons. The number of nitrogens with zero attached hydrogens (tertiary/aromatic N) is 1. The van der Waals surface area contributed by atoms with E-state index >= 15 is 0 Å². The molecule has 0 saturated heterocycles. The maximum atomic E-state index is 11.8. The molecule has 1 N–H and O–H groups in total. The Bertz CT molecular complexity index is 445. The van der Waals surface area contributed by atoms with E-state index in [9.17, 15) is 9.59 Å². The Morgan fingerprint density at radius 3 is 2.58 bits per heavy atom. The Kier molecular flexibility index (Phi) is 5.85. The Morgan fingerprint density at radius 2 is 1.95 bits per heavy atom. The van der Waals surface area contributed by atoms with Crippen LogP contribution in [0.15, 0.2) is 24.3 Å². The molecule has 19 heavy (non-hydrogen) atoms. The zero-order valence-corrected chi connectivity index (χ0v) is 11.3. The van der Waals surface area contributed by atoms with Crippen molar-refractivity contribution in [1.82, 2.24) is 4.90 Å². The van der Waals surface area contributed by atoms with E-state index in [2.05, 4.69) is 0 Å². The normalized spacial score (nSPS) is 10.0. The smallest absolute Gasteiger partial charge is 0.303 e. The molecule has 0 aliphatic carbocycles. The highest BCUT2D eigenvalue weighted by Crippen LogP contribution is 2.19. The van der Waals surface area contributed by atoms with Gasteiger partial charge in [-0.15, -0.1) is 0 Å². The Hall–Kier alpha value is -2.04. The average Bonchev–Trinajstić information content (AvgIpc) is 2.38. The molecular formula is C14H19NO4. The molecule has 0 spiro atoms. The van der Waals surface area contributed by atoms with Crippen molar-refractivity contribution in [3.05, 3.63) is 29.8 Å². The summed E-state index contributed by atoms with van der Waals surface area (Å²) in [5.74, 6) is -0.194. The number of carboxylic acid groups (broad SMARTS) is 1. The van der Waals surface area contributed by atoms with Crippen LogP contribution < -0.4 is 4.74 Å². The average molecular weight is 265 g/mol. The van der Waals surface area contributed by atoms with E-state index in [-0.39, 0.29) is 18.7 Å².